The topological polar surface area (TPSA) is 87.0 Å². The van der Waals surface area contributed by atoms with Gasteiger partial charge >= 0.3 is 0 Å². The third kappa shape index (κ3) is 4.29. The van der Waals surface area contributed by atoms with Crippen molar-refractivity contribution < 1.29 is 14.5 Å². The molecule has 0 aromatic heterocycles. The van der Waals surface area contributed by atoms with Crippen molar-refractivity contribution in [2.24, 2.45) is 0 Å². The summed E-state index contributed by atoms with van der Waals surface area (Å²) >= 11 is 0. The van der Waals surface area contributed by atoms with Crippen LogP contribution in [-0.2, 0) is 4.79 Å². The Kier molecular flexibility index (Phi) is 5.99. The van der Waals surface area contributed by atoms with Gasteiger partial charge in [0.2, 0.25) is 5.91 Å². The highest BCUT2D eigenvalue weighted by Gasteiger charge is 2.36. The molecule has 2 fully saturated rings. The zero-order valence-corrected chi connectivity index (χ0v) is 17.6. The first-order valence-electron chi connectivity index (χ1n) is 10.6. The summed E-state index contributed by atoms with van der Waals surface area (Å²) < 4.78 is 0. The Bertz CT molecular complexity index is 986. The normalized spacial score (nSPS) is 20.0. The van der Waals surface area contributed by atoms with Crippen molar-refractivity contribution in [3.05, 3.63) is 69.8 Å². The summed E-state index contributed by atoms with van der Waals surface area (Å²) in [5.74, 6) is -0.0879. The van der Waals surface area contributed by atoms with Crippen molar-refractivity contribution in [3.63, 3.8) is 0 Å². The van der Waals surface area contributed by atoms with Crippen LogP contribution in [0.2, 0.25) is 0 Å². The smallest absolute Gasteiger partial charge is 0.273 e. The molecule has 2 aromatic carbocycles. The number of hydrogen-bond donors (Lipinski definition) is 0. The average molecular weight is 422 g/mol. The van der Waals surface area contributed by atoms with Crippen LogP contribution in [0.4, 0.5) is 11.4 Å². The Morgan fingerprint density at radius 3 is 2.42 bits per heavy atom. The molecule has 2 aliphatic rings. The van der Waals surface area contributed by atoms with Crippen LogP contribution in [0.5, 0.6) is 0 Å². The third-order valence-electron chi connectivity index (χ3n) is 6.17. The largest absolute Gasteiger partial charge is 0.336 e. The second-order valence-electron chi connectivity index (χ2n) is 8.07. The number of para-hydroxylation sites is 1. The number of rotatable bonds is 4. The number of carbonyl (C=O) groups excluding carboxylic acids is 2. The van der Waals surface area contributed by atoms with Crippen molar-refractivity contribution in [1.29, 1.82) is 0 Å². The standard InChI is InChI=1S/C23H26N4O4/c1-17-9-10-18(16-21(17)27(30)31)22(28)25-14-12-24(13-15-25)20-8-5-11-26(23(20)29)19-6-3-2-4-7-19/h2-4,6-7,9-10,16,20H,5,8,11-15H2,1H3. The van der Waals surface area contributed by atoms with Crippen molar-refractivity contribution in [3.8, 4) is 0 Å². The predicted molar refractivity (Wildman–Crippen MR) is 117 cm³/mol. The number of piperazine rings is 1. The summed E-state index contributed by atoms with van der Waals surface area (Å²) in [5, 5.41) is 11.2. The number of hydrogen-bond acceptors (Lipinski definition) is 5. The van der Waals surface area contributed by atoms with E-state index >= 15 is 0 Å². The van der Waals surface area contributed by atoms with Gasteiger partial charge in [-0.2, -0.15) is 0 Å². The number of amides is 2. The summed E-state index contributed by atoms with van der Waals surface area (Å²) in [6.07, 6.45) is 1.76. The maximum absolute atomic E-state index is 13.1. The van der Waals surface area contributed by atoms with Crippen LogP contribution >= 0.6 is 0 Å². The Balaban J connectivity index is 1.40. The summed E-state index contributed by atoms with van der Waals surface area (Å²) in [7, 11) is 0. The van der Waals surface area contributed by atoms with Crippen LogP contribution in [0, 0.1) is 17.0 Å². The van der Waals surface area contributed by atoms with E-state index in [1.54, 1.807) is 24.0 Å². The van der Waals surface area contributed by atoms with Crippen molar-refractivity contribution in [2.45, 2.75) is 25.8 Å². The molecule has 8 heteroatoms. The first-order chi connectivity index (χ1) is 15.0. The molecule has 0 aliphatic carbocycles. The van der Waals surface area contributed by atoms with Gasteiger partial charge in [-0.05, 0) is 38.0 Å². The number of aryl methyl sites for hydroxylation is 1. The van der Waals surface area contributed by atoms with E-state index in [1.165, 1.54) is 6.07 Å². The minimum atomic E-state index is -0.461. The quantitative estimate of drug-likeness (QED) is 0.559. The third-order valence-corrected chi connectivity index (χ3v) is 6.17. The van der Waals surface area contributed by atoms with E-state index in [-0.39, 0.29) is 23.5 Å². The molecular weight excluding hydrogens is 396 g/mol. The van der Waals surface area contributed by atoms with Crippen molar-refractivity contribution in [2.75, 3.05) is 37.6 Å². The van der Waals surface area contributed by atoms with E-state index in [0.717, 1.165) is 25.1 Å². The Labute approximate surface area is 181 Å². The van der Waals surface area contributed by atoms with Crippen LogP contribution in [0.1, 0.15) is 28.8 Å². The number of piperidine rings is 1. The fraction of sp³-hybridized carbons (Fsp3) is 0.391. The number of nitrogens with zero attached hydrogens (tertiary/aromatic N) is 4. The fourth-order valence-electron chi connectivity index (χ4n) is 4.42. The van der Waals surface area contributed by atoms with E-state index in [4.69, 9.17) is 0 Å². The van der Waals surface area contributed by atoms with Gasteiger partial charge in [0.15, 0.2) is 0 Å². The van der Waals surface area contributed by atoms with Crippen LogP contribution in [0.15, 0.2) is 48.5 Å². The molecule has 2 aromatic rings. The van der Waals surface area contributed by atoms with Gasteiger partial charge in [0.1, 0.15) is 0 Å². The minimum Gasteiger partial charge on any atom is -0.336 e. The lowest BCUT2D eigenvalue weighted by atomic mass is 10.0. The van der Waals surface area contributed by atoms with Gasteiger partial charge < -0.3 is 9.80 Å². The molecule has 8 nitrogen and oxygen atoms in total. The number of nitro benzene ring substituents is 1. The van der Waals surface area contributed by atoms with E-state index in [0.29, 0.717) is 37.3 Å². The molecule has 1 atom stereocenters. The maximum Gasteiger partial charge on any atom is 0.273 e. The zero-order valence-electron chi connectivity index (χ0n) is 17.6. The number of carbonyl (C=O) groups is 2. The summed E-state index contributed by atoms with van der Waals surface area (Å²) in [4.78, 5) is 42.5. The number of benzene rings is 2. The van der Waals surface area contributed by atoms with Gasteiger partial charge in [-0.25, -0.2) is 0 Å². The van der Waals surface area contributed by atoms with Crippen molar-refractivity contribution in [1.82, 2.24) is 9.80 Å². The molecule has 2 amide bonds. The lowest BCUT2D eigenvalue weighted by Gasteiger charge is -2.42. The molecule has 0 bridgehead atoms. The van der Waals surface area contributed by atoms with Gasteiger partial charge in [0, 0.05) is 55.6 Å². The average Bonchev–Trinajstić information content (AvgIpc) is 2.79. The molecular formula is C23H26N4O4. The van der Waals surface area contributed by atoms with Crippen LogP contribution < -0.4 is 4.90 Å². The van der Waals surface area contributed by atoms with Gasteiger partial charge in [0.05, 0.1) is 11.0 Å². The SMILES string of the molecule is Cc1ccc(C(=O)N2CCN(C3CCCN(c4ccccc4)C3=O)CC2)cc1[N+](=O)[O-]. The van der Waals surface area contributed by atoms with Crippen molar-refractivity contribution >= 4 is 23.2 Å². The molecule has 2 saturated heterocycles. The second kappa shape index (κ2) is 8.85. The molecule has 0 saturated carbocycles. The summed E-state index contributed by atoms with van der Waals surface area (Å²) in [6, 6.07) is 14.2. The summed E-state index contributed by atoms with van der Waals surface area (Å²) in [6.45, 7) is 4.60. The van der Waals surface area contributed by atoms with E-state index in [2.05, 4.69) is 4.90 Å². The first kappa shape index (κ1) is 21.0. The van der Waals surface area contributed by atoms with Gasteiger partial charge in [-0.3, -0.25) is 24.6 Å². The lowest BCUT2D eigenvalue weighted by molar-refractivity contribution is -0.385. The maximum atomic E-state index is 13.1. The van der Waals surface area contributed by atoms with Crippen LogP contribution in [0.3, 0.4) is 0 Å². The van der Waals surface area contributed by atoms with E-state index < -0.39 is 4.92 Å². The first-order valence-corrected chi connectivity index (χ1v) is 10.6. The molecule has 31 heavy (non-hydrogen) atoms. The van der Waals surface area contributed by atoms with Gasteiger partial charge in [-0.1, -0.05) is 24.3 Å². The second-order valence-corrected chi connectivity index (χ2v) is 8.07. The summed E-state index contributed by atoms with van der Waals surface area (Å²) in [5.41, 5.74) is 1.74. The Morgan fingerprint density at radius 2 is 1.74 bits per heavy atom. The van der Waals surface area contributed by atoms with E-state index in [1.807, 2.05) is 35.2 Å². The highest BCUT2D eigenvalue weighted by molar-refractivity contribution is 5.98. The molecule has 1 unspecified atom stereocenters. The molecule has 162 valence electrons. The van der Waals surface area contributed by atoms with Gasteiger partial charge in [-0.15, -0.1) is 0 Å². The molecule has 0 radical (unpaired) electrons. The zero-order chi connectivity index (χ0) is 22.0. The highest BCUT2D eigenvalue weighted by Crippen LogP contribution is 2.25. The molecule has 0 N–H and O–H groups in total. The molecule has 2 aliphatic heterocycles. The molecule has 4 rings (SSSR count). The van der Waals surface area contributed by atoms with Gasteiger partial charge in [0.25, 0.3) is 11.6 Å². The Morgan fingerprint density at radius 1 is 1.03 bits per heavy atom. The highest BCUT2D eigenvalue weighted by atomic mass is 16.6. The number of anilines is 1. The number of nitro groups is 1. The molecule has 2 heterocycles. The van der Waals surface area contributed by atoms with Crippen LogP contribution in [0.25, 0.3) is 0 Å². The lowest BCUT2D eigenvalue weighted by Crippen LogP contribution is -2.58. The van der Waals surface area contributed by atoms with Crippen LogP contribution in [-0.4, -0.2) is 65.3 Å². The monoisotopic (exact) mass is 422 g/mol. The molecule has 0 spiro atoms. The predicted octanol–water partition coefficient (Wildman–Crippen LogP) is 2.86. The Hall–Kier alpha value is -3.26. The van der Waals surface area contributed by atoms with E-state index in [9.17, 15) is 19.7 Å². The minimum absolute atomic E-state index is 0.0432. The fourth-order valence-corrected chi connectivity index (χ4v) is 4.42.